The maximum atomic E-state index is 11.8. The van der Waals surface area contributed by atoms with Crippen molar-refractivity contribution < 1.29 is 43.0 Å². The number of imide groups is 1. The minimum Gasteiger partial charge on any atom is -0.447 e. The van der Waals surface area contributed by atoms with Gasteiger partial charge in [0.05, 0.1) is 6.42 Å². The molecule has 1 aliphatic rings. The predicted octanol–water partition coefficient (Wildman–Crippen LogP) is 1.03. The summed E-state index contributed by atoms with van der Waals surface area (Å²) in [7, 11) is 0. The average Bonchev–Trinajstić information content (AvgIpc) is 2.97. The van der Waals surface area contributed by atoms with Crippen LogP contribution in [-0.4, -0.2) is 73.0 Å². The minimum absolute atomic E-state index is 0.0195. The zero-order valence-corrected chi connectivity index (χ0v) is 18.3. The summed E-state index contributed by atoms with van der Waals surface area (Å²) in [5.74, 6) is -1.85. The Morgan fingerprint density at radius 1 is 0.903 bits per heavy atom. The van der Waals surface area contributed by atoms with E-state index >= 15 is 0 Å². The molecule has 1 rings (SSSR count). The highest BCUT2D eigenvalue weighted by molar-refractivity contribution is 6.01. The molecule has 1 heterocycles. The van der Waals surface area contributed by atoms with E-state index in [2.05, 4.69) is 10.6 Å². The first kappa shape index (κ1) is 26.1. The Hall–Kier alpha value is -2.89. The SMILES string of the molecule is CC(C)NC(=O)OCC(COC(=O)NC(C)C)OCCCC(=O)ON1C(=O)CCC1=O. The second-order valence-electron chi connectivity index (χ2n) is 7.44. The van der Waals surface area contributed by atoms with Gasteiger partial charge in [-0.25, -0.2) is 14.4 Å². The lowest BCUT2D eigenvalue weighted by atomic mass is 10.3. The van der Waals surface area contributed by atoms with Crippen LogP contribution in [0.5, 0.6) is 0 Å². The molecular weight excluding hydrogens is 414 g/mol. The third-order valence-electron chi connectivity index (χ3n) is 3.69. The molecule has 12 heteroatoms. The second kappa shape index (κ2) is 13.4. The fourth-order valence-corrected chi connectivity index (χ4v) is 2.31. The molecule has 31 heavy (non-hydrogen) atoms. The van der Waals surface area contributed by atoms with Crippen molar-refractivity contribution in [2.75, 3.05) is 19.8 Å². The molecule has 0 saturated carbocycles. The van der Waals surface area contributed by atoms with Gasteiger partial charge in [0, 0.05) is 31.5 Å². The normalized spacial score (nSPS) is 13.7. The van der Waals surface area contributed by atoms with Crippen LogP contribution in [0.3, 0.4) is 0 Å². The van der Waals surface area contributed by atoms with Crippen LogP contribution in [0.2, 0.25) is 0 Å². The molecule has 0 bridgehead atoms. The van der Waals surface area contributed by atoms with Crippen molar-refractivity contribution in [2.45, 2.75) is 71.6 Å². The molecule has 1 aliphatic heterocycles. The Morgan fingerprint density at radius 2 is 1.39 bits per heavy atom. The minimum atomic E-state index is -0.756. The number of ether oxygens (including phenoxy) is 3. The van der Waals surface area contributed by atoms with Crippen molar-refractivity contribution in [3.05, 3.63) is 0 Å². The van der Waals surface area contributed by atoms with Crippen LogP contribution >= 0.6 is 0 Å². The Balaban J connectivity index is 2.41. The van der Waals surface area contributed by atoms with Gasteiger partial charge in [-0.3, -0.25) is 9.59 Å². The second-order valence-corrected chi connectivity index (χ2v) is 7.44. The fourth-order valence-electron chi connectivity index (χ4n) is 2.31. The molecular formula is C19H31N3O9. The van der Waals surface area contributed by atoms with E-state index in [4.69, 9.17) is 19.0 Å². The number of nitrogens with zero attached hydrogens (tertiary/aromatic N) is 1. The van der Waals surface area contributed by atoms with Crippen LogP contribution in [-0.2, 0) is 33.4 Å². The van der Waals surface area contributed by atoms with E-state index < -0.39 is 36.1 Å². The smallest absolute Gasteiger partial charge is 0.407 e. The first-order valence-electron chi connectivity index (χ1n) is 10.1. The molecule has 0 unspecified atom stereocenters. The lowest BCUT2D eigenvalue weighted by molar-refractivity contribution is -0.197. The summed E-state index contributed by atoms with van der Waals surface area (Å²) in [4.78, 5) is 62.7. The maximum Gasteiger partial charge on any atom is 0.407 e. The van der Waals surface area contributed by atoms with Gasteiger partial charge in [-0.1, -0.05) is 0 Å². The molecule has 2 N–H and O–H groups in total. The number of hydroxylamine groups is 2. The molecule has 0 aromatic rings. The van der Waals surface area contributed by atoms with Gasteiger partial charge in [0.2, 0.25) is 0 Å². The Kier molecular flexibility index (Phi) is 11.3. The monoisotopic (exact) mass is 445 g/mol. The van der Waals surface area contributed by atoms with E-state index in [1.165, 1.54) is 0 Å². The van der Waals surface area contributed by atoms with Gasteiger partial charge in [-0.15, -0.1) is 5.06 Å². The molecule has 0 spiro atoms. The molecule has 0 aliphatic carbocycles. The zero-order chi connectivity index (χ0) is 23.4. The van der Waals surface area contributed by atoms with Gasteiger partial charge >= 0.3 is 18.2 Å². The van der Waals surface area contributed by atoms with Crippen molar-refractivity contribution >= 4 is 30.0 Å². The number of amides is 4. The number of nitrogens with one attached hydrogen (secondary N) is 2. The molecule has 0 radical (unpaired) electrons. The number of carbonyl (C=O) groups excluding carboxylic acids is 5. The topological polar surface area (TPSA) is 150 Å². The van der Waals surface area contributed by atoms with E-state index in [-0.39, 0.29) is 57.6 Å². The first-order chi connectivity index (χ1) is 14.6. The van der Waals surface area contributed by atoms with E-state index in [0.717, 1.165) is 0 Å². The third kappa shape index (κ3) is 11.2. The number of hydrogen-bond donors (Lipinski definition) is 2. The third-order valence-corrected chi connectivity index (χ3v) is 3.69. The summed E-state index contributed by atoms with van der Waals surface area (Å²) in [6.07, 6.45) is -1.89. The van der Waals surface area contributed by atoms with Gasteiger partial charge in [0.1, 0.15) is 19.3 Å². The lowest BCUT2D eigenvalue weighted by Gasteiger charge is -2.19. The van der Waals surface area contributed by atoms with Crippen molar-refractivity contribution in [3.63, 3.8) is 0 Å². The fraction of sp³-hybridized carbons (Fsp3) is 0.737. The summed E-state index contributed by atoms with van der Waals surface area (Å²) in [5.41, 5.74) is 0. The predicted molar refractivity (Wildman–Crippen MR) is 105 cm³/mol. The average molecular weight is 445 g/mol. The zero-order valence-electron chi connectivity index (χ0n) is 18.3. The van der Waals surface area contributed by atoms with Crippen LogP contribution in [0, 0.1) is 0 Å². The van der Waals surface area contributed by atoms with Gasteiger partial charge in [-0.2, -0.15) is 0 Å². The van der Waals surface area contributed by atoms with Gasteiger partial charge in [0.15, 0.2) is 0 Å². The summed E-state index contributed by atoms with van der Waals surface area (Å²) in [6, 6.07) is -0.222. The lowest BCUT2D eigenvalue weighted by Crippen LogP contribution is -2.37. The molecule has 1 fully saturated rings. The molecule has 0 atom stereocenters. The van der Waals surface area contributed by atoms with Gasteiger partial charge < -0.3 is 29.7 Å². The van der Waals surface area contributed by atoms with Crippen LogP contribution < -0.4 is 10.6 Å². The number of rotatable bonds is 12. The highest BCUT2D eigenvalue weighted by atomic mass is 16.7. The molecule has 176 valence electrons. The highest BCUT2D eigenvalue weighted by Crippen LogP contribution is 2.13. The van der Waals surface area contributed by atoms with Gasteiger partial charge in [-0.05, 0) is 34.1 Å². The standard InChI is InChI=1S/C19H31N3O9/c1-12(2)20-18(26)29-10-14(11-30-19(27)21-13(3)4)28-9-5-6-17(25)31-22-15(23)7-8-16(22)24/h12-14H,5-11H2,1-4H3,(H,20,26)(H,21,27). The number of alkyl carbamates (subject to hydrolysis) is 2. The van der Waals surface area contributed by atoms with Crippen LogP contribution in [0.1, 0.15) is 53.4 Å². The largest absolute Gasteiger partial charge is 0.447 e. The van der Waals surface area contributed by atoms with E-state index in [9.17, 15) is 24.0 Å². The Labute approximate surface area is 180 Å². The van der Waals surface area contributed by atoms with Gasteiger partial charge in [0.25, 0.3) is 11.8 Å². The summed E-state index contributed by atoms with van der Waals surface area (Å²) >= 11 is 0. The number of hydrogen-bond acceptors (Lipinski definition) is 9. The van der Waals surface area contributed by atoms with E-state index in [1.807, 2.05) is 0 Å². The molecule has 12 nitrogen and oxygen atoms in total. The van der Waals surface area contributed by atoms with Crippen molar-refractivity contribution in [1.82, 2.24) is 15.7 Å². The molecule has 4 amide bonds. The van der Waals surface area contributed by atoms with Crippen LogP contribution in [0.4, 0.5) is 9.59 Å². The molecule has 1 saturated heterocycles. The maximum absolute atomic E-state index is 11.8. The molecule has 0 aromatic carbocycles. The summed E-state index contributed by atoms with van der Waals surface area (Å²) in [6.45, 7) is 6.82. The van der Waals surface area contributed by atoms with Crippen LogP contribution in [0.15, 0.2) is 0 Å². The quantitative estimate of drug-likeness (QED) is 0.332. The molecule has 0 aromatic heterocycles. The van der Waals surface area contributed by atoms with Crippen LogP contribution in [0.25, 0.3) is 0 Å². The first-order valence-corrected chi connectivity index (χ1v) is 10.1. The van der Waals surface area contributed by atoms with E-state index in [0.29, 0.717) is 5.06 Å². The summed E-state index contributed by atoms with van der Waals surface area (Å²) < 4.78 is 15.7. The highest BCUT2D eigenvalue weighted by Gasteiger charge is 2.32. The number of carbonyl (C=O) groups is 5. The van der Waals surface area contributed by atoms with Crippen molar-refractivity contribution in [3.8, 4) is 0 Å². The van der Waals surface area contributed by atoms with Crippen molar-refractivity contribution in [2.24, 2.45) is 0 Å². The Bertz CT molecular complexity index is 610. The van der Waals surface area contributed by atoms with Crippen molar-refractivity contribution in [1.29, 1.82) is 0 Å². The van der Waals surface area contributed by atoms with E-state index in [1.54, 1.807) is 27.7 Å². The Morgan fingerprint density at radius 3 is 1.84 bits per heavy atom. The summed E-state index contributed by atoms with van der Waals surface area (Å²) in [5, 5.41) is 5.59.